The van der Waals surface area contributed by atoms with E-state index in [1.165, 1.54) is 4.90 Å². The molecule has 0 saturated carbocycles. The number of nitrogens with one attached hydrogen (secondary N) is 1. The molecule has 1 rings (SSSR count). The molecule has 0 heterocycles. The van der Waals surface area contributed by atoms with Gasteiger partial charge in [0.15, 0.2) is 0 Å². The van der Waals surface area contributed by atoms with Crippen LogP contribution in [0.5, 0.6) is 0 Å². The van der Waals surface area contributed by atoms with Crippen LogP contribution in [0, 0.1) is 6.92 Å². The van der Waals surface area contributed by atoms with Crippen molar-refractivity contribution >= 4 is 17.7 Å². The lowest BCUT2D eigenvalue weighted by atomic mass is 10.2. The number of aliphatic hydroxyl groups excluding tert-OH is 1. The Kier molecular flexibility index (Phi) is 5.99. The largest absolute Gasteiger partial charge is 0.480 e. The highest BCUT2D eigenvalue weighted by Crippen LogP contribution is 2.19. The Hall–Kier alpha value is -2.08. The van der Waals surface area contributed by atoms with Crippen molar-refractivity contribution in [2.24, 2.45) is 0 Å². The number of carbonyl (C=O) groups is 2. The summed E-state index contributed by atoms with van der Waals surface area (Å²) < 4.78 is 0. The van der Waals surface area contributed by atoms with Crippen LogP contribution in [0.15, 0.2) is 24.3 Å². The third-order valence-electron chi connectivity index (χ3n) is 2.98. The number of para-hydroxylation sites is 1. The zero-order valence-corrected chi connectivity index (χ0v) is 11.7. The Morgan fingerprint density at radius 2 is 2.00 bits per heavy atom. The van der Waals surface area contributed by atoms with E-state index < -0.39 is 18.0 Å². The van der Waals surface area contributed by atoms with E-state index in [1.807, 2.05) is 32.0 Å². The van der Waals surface area contributed by atoms with Crippen LogP contribution in [-0.4, -0.2) is 41.4 Å². The average molecular weight is 280 g/mol. The quantitative estimate of drug-likeness (QED) is 0.734. The van der Waals surface area contributed by atoms with Crippen LogP contribution in [0.2, 0.25) is 0 Å². The van der Waals surface area contributed by atoms with E-state index in [-0.39, 0.29) is 13.0 Å². The first-order valence-electron chi connectivity index (χ1n) is 6.48. The van der Waals surface area contributed by atoms with Gasteiger partial charge in [0.25, 0.3) is 0 Å². The molecule has 0 spiro atoms. The van der Waals surface area contributed by atoms with Gasteiger partial charge in [0.2, 0.25) is 0 Å². The summed E-state index contributed by atoms with van der Waals surface area (Å²) in [7, 11) is 0. The molecule has 3 N–H and O–H groups in total. The van der Waals surface area contributed by atoms with Gasteiger partial charge in [0.05, 0.1) is 0 Å². The monoisotopic (exact) mass is 280 g/mol. The minimum absolute atomic E-state index is 0.0214. The number of nitrogens with zero attached hydrogens (tertiary/aromatic N) is 1. The minimum atomic E-state index is -1.16. The molecule has 6 nitrogen and oxygen atoms in total. The van der Waals surface area contributed by atoms with Gasteiger partial charge in [-0.15, -0.1) is 0 Å². The lowest BCUT2D eigenvalue weighted by molar-refractivity contribution is -0.139. The number of carboxylic acids is 1. The van der Waals surface area contributed by atoms with Crippen molar-refractivity contribution in [3.8, 4) is 0 Å². The van der Waals surface area contributed by atoms with Gasteiger partial charge < -0.3 is 15.5 Å². The smallest absolute Gasteiger partial charge is 0.326 e. The van der Waals surface area contributed by atoms with Gasteiger partial charge >= 0.3 is 12.0 Å². The molecule has 110 valence electrons. The molecule has 20 heavy (non-hydrogen) atoms. The molecule has 1 aromatic carbocycles. The number of anilines is 1. The van der Waals surface area contributed by atoms with E-state index in [0.717, 1.165) is 11.3 Å². The van der Waals surface area contributed by atoms with Crippen LogP contribution in [0.4, 0.5) is 10.5 Å². The van der Waals surface area contributed by atoms with Crippen molar-refractivity contribution in [3.05, 3.63) is 29.8 Å². The summed E-state index contributed by atoms with van der Waals surface area (Å²) in [4.78, 5) is 24.7. The van der Waals surface area contributed by atoms with Crippen LogP contribution < -0.4 is 10.2 Å². The van der Waals surface area contributed by atoms with E-state index in [2.05, 4.69) is 5.32 Å². The number of urea groups is 1. The summed E-state index contributed by atoms with van der Waals surface area (Å²) in [5, 5.41) is 20.2. The Morgan fingerprint density at radius 1 is 1.35 bits per heavy atom. The maximum absolute atomic E-state index is 12.2. The number of rotatable bonds is 6. The summed E-state index contributed by atoms with van der Waals surface area (Å²) in [6.07, 6.45) is -0.0214. The molecule has 0 aromatic heterocycles. The van der Waals surface area contributed by atoms with Gasteiger partial charge in [0, 0.05) is 25.3 Å². The highest BCUT2D eigenvalue weighted by molar-refractivity contribution is 5.95. The third-order valence-corrected chi connectivity index (χ3v) is 2.98. The third kappa shape index (κ3) is 3.96. The van der Waals surface area contributed by atoms with Crippen LogP contribution in [0.3, 0.4) is 0 Å². The number of amides is 2. The predicted octanol–water partition coefficient (Wildman–Crippen LogP) is 1.37. The van der Waals surface area contributed by atoms with Gasteiger partial charge in [-0.3, -0.25) is 4.90 Å². The number of aliphatic hydroxyl groups is 1. The standard InChI is InChI=1S/C14H20N2O4/c1-3-16(12-7-5-4-6-10(12)2)14(20)15-11(8-9-17)13(18)19/h4-7,11,17H,3,8-9H2,1-2H3,(H,15,20)(H,18,19)/t11-/m1/s1. The fourth-order valence-electron chi connectivity index (χ4n) is 1.90. The van der Waals surface area contributed by atoms with Gasteiger partial charge in [-0.1, -0.05) is 18.2 Å². The molecular formula is C14H20N2O4. The summed E-state index contributed by atoms with van der Waals surface area (Å²) in [5.74, 6) is -1.16. The summed E-state index contributed by atoms with van der Waals surface area (Å²) in [5.41, 5.74) is 1.67. The van der Waals surface area contributed by atoms with Gasteiger partial charge in [-0.05, 0) is 25.5 Å². The second kappa shape index (κ2) is 7.49. The molecule has 0 aliphatic heterocycles. The van der Waals surface area contributed by atoms with Crippen molar-refractivity contribution in [3.63, 3.8) is 0 Å². The summed E-state index contributed by atoms with van der Waals surface area (Å²) in [6.45, 7) is 3.82. The van der Waals surface area contributed by atoms with Crippen molar-refractivity contribution in [1.82, 2.24) is 5.32 Å². The maximum Gasteiger partial charge on any atom is 0.326 e. The van der Waals surface area contributed by atoms with E-state index in [4.69, 9.17) is 10.2 Å². The molecule has 1 atom stereocenters. The lowest BCUT2D eigenvalue weighted by Gasteiger charge is -2.25. The highest BCUT2D eigenvalue weighted by atomic mass is 16.4. The zero-order chi connectivity index (χ0) is 15.1. The Bertz CT molecular complexity index is 476. The van der Waals surface area contributed by atoms with E-state index >= 15 is 0 Å². The van der Waals surface area contributed by atoms with Gasteiger partial charge in [0.1, 0.15) is 6.04 Å². The topological polar surface area (TPSA) is 89.9 Å². The molecule has 2 amide bonds. The first-order chi connectivity index (χ1) is 9.51. The van der Waals surface area contributed by atoms with Gasteiger partial charge in [-0.25, -0.2) is 9.59 Å². The van der Waals surface area contributed by atoms with E-state index in [0.29, 0.717) is 6.54 Å². The minimum Gasteiger partial charge on any atom is -0.480 e. The number of carboxylic acid groups (broad SMARTS) is 1. The Balaban J connectivity index is 2.87. The normalized spacial score (nSPS) is 11.8. The zero-order valence-electron chi connectivity index (χ0n) is 11.7. The average Bonchev–Trinajstić information content (AvgIpc) is 2.41. The molecule has 0 unspecified atom stereocenters. The highest BCUT2D eigenvalue weighted by Gasteiger charge is 2.23. The predicted molar refractivity (Wildman–Crippen MR) is 75.9 cm³/mol. The van der Waals surface area contributed by atoms with Crippen LogP contribution in [0.25, 0.3) is 0 Å². The van der Waals surface area contributed by atoms with Crippen molar-refractivity contribution < 1.29 is 19.8 Å². The maximum atomic E-state index is 12.2. The first-order valence-corrected chi connectivity index (χ1v) is 6.48. The SMILES string of the molecule is CCN(C(=O)N[C@H](CCO)C(=O)O)c1ccccc1C. The molecule has 1 aromatic rings. The summed E-state index contributed by atoms with van der Waals surface area (Å²) >= 11 is 0. The number of aliphatic carboxylic acids is 1. The Labute approximate surface area is 118 Å². The van der Waals surface area contributed by atoms with E-state index in [9.17, 15) is 9.59 Å². The molecular weight excluding hydrogens is 260 g/mol. The van der Waals surface area contributed by atoms with Gasteiger partial charge in [-0.2, -0.15) is 0 Å². The van der Waals surface area contributed by atoms with Crippen molar-refractivity contribution in [1.29, 1.82) is 0 Å². The molecule has 0 radical (unpaired) electrons. The second-order valence-corrected chi connectivity index (χ2v) is 4.38. The lowest BCUT2D eigenvalue weighted by Crippen LogP contribution is -2.48. The summed E-state index contributed by atoms with van der Waals surface area (Å²) in [6, 6.07) is 5.80. The number of carbonyl (C=O) groups excluding carboxylic acids is 1. The van der Waals surface area contributed by atoms with Crippen LogP contribution in [-0.2, 0) is 4.79 Å². The number of hydrogen-bond donors (Lipinski definition) is 3. The van der Waals surface area contributed by atoms with Crippen LogP contribution >= 0.6 is 0 Å². The fourth-order valence-corrected chi connectivity index (χ4v) is 1.90. The van der Waals surface area contributed by atoms with Crippen molar-refractivity contribution in [2.45, 2.75) is 26.3 Å². The second-order valence-electron chi connectivity index (χ2n) is 4.38. The van der Waals surface area contributed by atoms with Crippen LogP contribution in [0.1, 0.15) is 18.9 Å². The molecule has 6 heteroatoms. The molecule has 0 saturated heterocycles. The molecule has 0 fully saturated rings. The first kappa shape index (κ1) is 16.0. The molecule has 0 aliphatic rings. The number of hydrogen-bond acceptors (Lipinski definition) is 3. The molecule has 0 bridgehead atoms. The van der Waals surface area contributed by atoms with Crippen molar-refractivity contribution in [2.75, 3.05) is 18.1 Å². The number of aryl methyl sites for hydroxylation is 1. The Morgan fingerprint density at radius 3 is 2.50 bits per heavy atom. The fraction of sp³-hybridized carbons (Fsp3) is 0.429. The number of benzene rings is 1. The molecule has 0 aliphatic carbocycles. The van der Waals surface area contributed by atoms with E-state index in [1.54, 1.807) is 6.07 Å².